The highest BCUT2D eigenvalue weighted by molar-refractivity contribution is 5.88. The Balaban J connectivity index is 1.74. The molecule has 0 bridgehead atoms. The van der Waals surface area contributed by atoms with Crippen molar-refractivity contribution in [3.8, 4) is 0 Å². The van der Waals surface area contributed by atoms with E-state index in [0.29, 0.717) is 11.9 Å². The summed E-state index contributed by atoms with van der Waals surface area (Å²) in [5.74, 6) is 0.345. The molecule has 19 heavy (non-hydrogen) atoms. The zero-order valence-electron chi connectivity index (χ0n) is 11.8. The smallest absolute Gasteiger partial charge is 0.231 e. The summed E-state index contributed by atoms with van der Waals surface area (Å²) in [5, 5.41) is 0. The maximum absolute atomic E-state index is 12.1. The molecule has 0 aromatic heterocycles. The minimum atomic E-state index is -0.0734. The van der Waals surface area contributed by atoms with E-state index in [-0.39, 0.29) is 5.41 Å². The molecule has 0 saturated carbocycles. The Bertz CT molecular complexity index is 469. The zero-order chi connectivity index (χ0) is 13.5. The van der Waals surface area contributed by atoms with Gasteiger partial charge in [0.05, 0.1) is 5.41 Å². The average molecular weight is 258 g/mol. The van der Waals surface area contributed by atoms with Crippen LogP contribution in [-0.2, 0) is 4.79 Å². The Labute approximate surface area is 115 Å². The van der Waals surface area contributed by atoms with Gasteiger partial charge in [-0.25, -0.2) is 0 Å². The first-order valence-electron chi connectivity index (χ1n) is 7.17. The fraction of sp³-hybridized carbons (Fsp3) is 0.562. The van der Waals surface area contributed by atoms with E-state index in [4.69, 9.17) is 0 Å². The van der Waals surface area contributed by atoms with Gasteiger partial charge >= 0.3 is 0 Å². The quantitative estimate of drug-likeness (QED) is 0.760. The van der Waals surface area contributed by atoms with Gasteiger partial charge in [0.25, 0.3) is 0 Å². The van der Waals surface area contributed by atoms with Crippen molar-refractivity contribution in [2.24, 2.45) is 5.41 Å². The lowest BCUT2D eigenvalue weighted by molar-refractivity contribution is -0.164. The average Bonchev–Trinajstić information content (AvgIpc) is 2.47. The van der Waals surface area contributed by atoms with Crippen molar-refractivity contribution >= 4 is 5.91 Å². The molecule has 1 amide bonds. The molecule has 2 saturated heterocycles. The highest BCUT2D eigenvalue weighted by Gasteiger charge is 2.52. The van der Waals surface area contributed by atoms with Crippen LogP contribution in [0.3, 0.4) is 0 Å². The van der Waals surface area contributed by atoms with E-state index >= 15 is 0 Å². The van der Waals surface area contributed by atoms with Crippen LogP contribution in [-0.4, -0.2) is 42.4 Å². The molecule has 0 aliphatic carbocycles. The lowest BCUT2D eigenvalue weighted by Gasteiger charge is -2.53. The van der Waals surface area contributed by atoms with Crippen molar-refractivity contribution in [2.45, 2.75) is 25.8 Å². The zero-order valence-corrected chi connectivity index (χ0v) is 11.8. The maximum atomic E-state index is 12.1. The predicted molar refractivity (Wildman–Crippen MR) is 75.7 cm³/mol. The minimum Gasteiger partial charge on any atom is -0.344 e. The van der Waals surface area contributed by atoms with Gasteiger partial charge in [-0.05, 0) is 31.9 Å². The van der Waals surface area contributed by atoms with E-state index in [1.165, 1.54) is 5.56 Å². The normalized spacial score (nSPS) is 29.4. The summed E-state index contributed by atoms with van der Waals surface area (Å²) >= 11 is 0. The first kappa shape index (κ1) is 12.7. The van der Waals surface area contributed by atoms with Gasteiger partial charge in [-0.3, -0.25) is 9.69 Å². The number of carbonyl (C=O) groups is 1. The fourth-order valence-electron chi connectivity index (χ4n) is 3.65. The van der Waals surface area contributed by atoms with Crippen LogP contribution < -0.4 is 0 Å². The summed E-state index contributed by atoms with van der Waals surface area (Å²) in [6.07, 6.45) is 2.20. The number of hydrogen-bond acceptors (Lipinski definition) is 2. The summed E-state index contributed by atoms with van der Waals surface area (Å²) < 4.78 is 0. The van der Waals surface area contributed by atoms with Crippen molar-refractivity contribution in [2.75, 3.05) is 26.7 Å². The molecule has 2 aliphatic heterocycles. The van der Waals surface area contributed by atoms with Crippen LogP contribution in [0.2, 0.25) is 0 Å². The minimum absolute atomic E-state index is 0.0734. The van der Waals surface area contributed by atoms with Gasteiger partial charge in [0.15, 0.2) is 0 Å². The molecule has 1 aromatic rings. The maximum Gasteiger partial charge on any atom is 0.231 e. The van der Waals surface area contributed by atoms with Crippen LogP contribution in [0.25, 0.3) is 0 Å². The van der Waals surface area contributed by atoms with Gasteiger partial charge in [-0.2, -0.15) is 0 Å². The second kappa shape index (κ2) is 4.64. The Hall–Kier alpha value is -1.35. The number of benzene rings is 1. The summed E-state index contributed by atoms with van der Waals surface area (Å²) in [6.45, 7) is 5.21. The Morgan fingerprint density at radius 3 is 2.58 bits per heavy atom. The molecule has 0 N–H and O–H groups in total. The highest BCUT2D eigenvalue weighted by atomic mass is 16.2. The van der Waals surface area contributed by atoms with E-state index in [0.717, 1.165) is 32.5 Å². The molecule has 2 aliphatic rings. The third kappa shape index (κ3) is 2.06. The van der Waals surface area contributed by atoms with Crippen LogP contribution in [0.1, 0.15) is 31.4 Å². The third-order valence-corrected chi connectivity index (χ3v) is 4.78. The SMILES string of the molecule is CC(c1ccccc1)N1CCCC2(CN(C)C2=O)C1. The predicted octanol–water partition coefficient (Wildman–Crippen LogP) is 2.30. The fourth-order valence-corrected chi connectivity index (χ4v) is 3.65. The Morgan fingerprint density at radius 2 is 1.95 bits per heavy atom. The number of piperidine rings is 1. The van der Waals surface area contributed by atoms with E-state index < -0.39 is 0 Å². The molecule has 1 spiro atoms. The molecule has 2 atom stereocenters. The summed E-state index contributed by atoms with van der Waals surface area (Å²) in [7, 11) is 1.91. The molecule has 3 nitrogen and oxygen atoms in total. The van der Waals surface area contributed by atoms with Crippen LogP contribution in [0.15, 0.2) is 30.3 Å². The lowest BCUT2D eigenvalue weighted by atomic mass is 9.72. The second-order valence-electron chi connectivity index (χ2n) is 6.10. The molecule has 2 heterocycles. The van der Waals surface area contributed by atoms with Gasteiger partial charge in [0.2, 0.25) is 5.91 Å². The van der Waals surface area contributed by atoms with Crippen molar-refractivity contribution in [1.29, 1.82) is 0 Å². The van der Waals surface area contributed by atoms with Gasteiger partial charge in [0, 0.05) is 26.2 Å². The molecule has 3 heteroatoms. The van der Waals surface area contributed by atoms with Crippen LogP contribution >= 0.6 is 0 Å². The number of carbonyl (C=O) groups excluding carboxylic acids is 1. The molecule has 0 radical (unpaired) electrons. The molecule has 2 fully saturated rings. The third-order valence-electron chi connectivity index (χ3n) is 4.78. The Morgan fingerprint density at radius 1 is 1.21 bits per heavy atom. The van der Waals surface area contributed by atoms with E-state index in [2.05, 4.69) is 42.2 Å². The first-order valence-corrected chi connectivity index (χ1v) is 7.17. The van der Waals surface area contributed by atoms with Crippen LogP contribution in [0.5, 0.6) is 0 Å². The molecule has 102 valence electrons. The summed E-state index contributed by atoms with van der Waals surface area (Å²) in [6, 6.07) is 11.0. The molecule has 3 rings (SSSR count). The summed E-state index contributed by atoms with van der Waals surface area (Å²) in [4.78, 5) is 16.5. The number of amides is 1. The highest BCUT2D eigenvalue weighted by Crippen LogP contribution is 2.41. The van der Waals surface area contributed by atoms with Crippen LogP contribution in [0.4, 0.5) is 0 Å². The molecular formula is C16H22N2O. The van der Waals surface area contributed by atoms with E-state index in [9.17, 15) is 4.79 Å². The molecule has 1 aromatic carbocycles. The van der Waals surface area contributed by atoms with Gasteiger partial charge in [-0.1, -0.05) is 30.3 Å². The van der Waals surface area contributed by atoms with E-state index in [1.54, 1.807) is 0 Å². The second-order valence-corrected chi connectivity index (χ2v) is 6.10. The number of likely N-dealkylation sites (tertiary alicyclic amines) is 2. The summed E-state index contributed by atoms with van der Waals surface area (Å²) in [5.41, 5.74) is 1.27. The van der Waals surface area contributed by atoms with Crippen molar-refractivity contribution in [3.05, 3.63) is 35.9 Å². The number of hydrogen-bond donors (Lipinski definition) is 0. The number of rotatable bonds is 2. The lowest BCUT2D eigenvalue weighted by Crippen LogP contribution is -2.65. The van der Waals surface area contributed by atoms with Crippen LogP contribution in [0, 0.1) is 5.41 Å². The number of β-lactam (4-membered cyclic amide) rings is 1. The van der Waals surface area contributed by atoms with Crippen molar-refractivity contribution in [3.63, 3.8) is 0 Å². The topological polar surface area (TPSA) is 23.6 Å². The molecule has 2 unspecified atom stereocenters. The Kier molecular flexibility index (Phi) is 3.09. The van der Waals surface area contributed by atoms with Gasteiger partial charge < -0.3 is 4.90 Å². The van der Waals surface area contributed by atoms with Gasteiger partial charge in [-0.15, -0.1) is 0 Å². The van der Waals surface area contributed by atoms with Crippen molar-refractivity contribution < 1.29 is 4.79 Å². The largest absolute Gasteiger partial charge is 0.344 e. The monoisotopic (exact) mass is 258 g/mol. The van der Waals surface area contributed by atoms with Crippen molar-refractivity contribution in [1.82, 2.24) is 9.80 Å². The van der Waals surface area contributed by atoms with Gasteiger partial charge in [0.1, 0.15) is 0 Å². The standard InChI is InChI=1S/C16H22N2O/c1-13(14-7-4-3-5-8-14)18-10-6-9-16(12-18)11-17(2)15(16)19/h3-5,7-8,13H,6,9-12H2,1-2H3. The first-order chi connectivity index (χ1) is 9.12. The van der Waals surface area contributed by atoms with E-state index in [1.807, 2.05) is 11.9 Å². The molecular weight excluding hydrogens is 236 g/mol. The number of nitrogens with zero attached hydrogens (tertiary/aromatic N) is 2.